The molecule has 2 N–H and O–H groups in total. The van der Waals surface area contributed by atoms with E-state index >= 15 is 0 Å². The smallest absolute Gasteiger partial charge is 0.219 e. The fourth-order valence-corrected chi connectivity index (χ4v) is 3.00. The molecule has 1 aliphatic heterocycles. The topological polar surface area (TPSA) is 60.0 Å². The molecule has 1 heterocycles. The molecular formula is C16H34IN5OS. The van der Waals surface area contributed by atoms with Gasteiger partial charge in [-0.1, -0.05) is 0 Å². The molecule has 0 unspecified atom stereocenters. The summed E-state index contributed by atoms with van der Waals surface area (Å²) in [6.07, 6.45) is 4.51. The highest BCUT2D eigenvalue weighted by Crippen LogP contribution is 2.01. The fourth-order valence-electron chi connectivity index (χ4n) is 2.51. The third-order valence-corrected chi connectivity index (χ3v) is 4.61. The van der Waals surface area contributed by atoms with Crippen molar-refractivity contribution in [1.82, 2.24) is 20.4 Å². The number of halogens is 1. The number of nitrogens with zero attached hydrogens (tertiary/aromatic N) is 3. The second kappa shape index (κ2) is 15.1. The summed E-state index contributed by atoms with van der Waals surface area (Å²) >= 11 is 1.89. The molecule has 0 aromatic rings. The summed E-state index contributed by atoms with van der Waals surface area (Å²) in [5.74, 6) is 2.32. The molecule has 8 heteroatoms. The van der Waals surface area contributed by atoms with E-state index in [0.717, 1.165) is 64.7 Å². The first kappa shape index (κ1) is 23.8. The number of amides is 1. The Bertz CT molecular complexity index is 362. The summed E-state index contributed by atoms with van der Waals surface area (Å²) in [6, 6.07) is 0. The lowest BCUT2D eigenvalue weighted by Crippen LogP contribution is -2.50. The monoisotopic (exact) mass is 471 g/mol. The van der Waals surface area contributed by atoms with Crippen molar-refractivity contribution in [3.8, 4) is 0 Å². The first-order valence-electron chi connectivity index (χ1n) is 8.66. The molecule has 0 aromatic carbocycles. The molecule has 1 fully saturated rings. The van der Waals surface area contributed by atoms with E-state index < -0.39 is 0 Å². The fraction of sp³-hybridized carbons (Fsp3) is 0.875. The van der Waals surface area contributed by atoms with E-state index in [1.165, 1.54) is 12.2 Å². The van der Waals surface area contributed by atoms with Crippen molar-refractivity contribution < 1.29 is 4.79 Å². The van der Waals surface area contributed by atoms with Gasteiger partial charge < -0.3 is 15.5 Å². The molecule has 142 valence electrons. The number of unbranched alkanes of at least 4 members (excludes halogenated alkanes) is 1. The highest BCUT2D eigenvalue weighted by Gasteiger charge is 2.17. The molecule has 0 spiro atoms. The maximum Gasteiger partial charge on any atom is 0.219 e. The molecule has 1 amide bonds. The van der Waals surface area contributed by atoms with Gasteiger partial charge in [0, 0.05) is 59.3 Å². The van der Waals surface area contributed by atoms with Gasteiger partial charge in [-0.2, -0.15) is 11.8 Å². The maximum atomic E-state index is 11.3. The normalized spacial score (nSPS) is 15.8. The Kier molecular flexibility index (Phi) is 14.9. The van der Waals surface area contributed by atoms with E-state index in [1.54, 1.807) is 6.92 Å². The second-order valence-electron chi connectivity index (χ2n) is 5.74. The largest absolute Gasteiger partial charge is 0.357 e. The number of rotatable bonds is 9. The van der Waals surface area contributed by atoms with Crippen molar-refractivity contribution in [3.05, 3.63) is 0 Å². The van der Waals surface area contributed by atoms with Gasteiger partial charge in [0.2, 0.25) is 5.91 Å². The van der Waals surface area contributed by atoms with Gasteiger partial charge in [0.15, 0.2) is 5.96 Å². The van der Waals surface area contributed by atoms with Crippen LogP contribution in [-0.4, -0.2) is 86.0 Å². The lowest BCUT2D eigenvalue weighted by molar-refractivity contribution is -0.130. The van der Waals surface area contributed by atoms with Crippen molar-refractivity contribution in [2.75, 3.05) is 64.4 Å². The van der Waals surface area contributed by atoms with E-state index in [0.29, 0.717) is 0 Å². The van der Waals surface area contributed by atoms with Crippen LogP contribution < -0.4 is 10.6 Å². The van der Waals surface area contributed by atoms with Crippen LogP contribution in [0.1, 0.15) is 26.7 Å². The zero-order valence-corrected chi connectivity index (χ0v) is 18.5. The van der Waals surface area contributed by atoms with Crippen molar-refractivity contribution in [1.29, 1.82) is 0 Å². The van der Waals surface area contributed by atoms with E-state index in [9.17, 15) is 4.79 Å². The number of carbonyl (C=O) groups excluding carboxylic acids is 1. The molecule has 24 heavy (non-hydrogen) atoms. The van der Waals surface area contributed by atoms with Crippen molar-refractivity contribution >= 4 is 47.6 Å². The molecule has 0 atom stereocenters. The van der Waals surface area contributed by atoms with Gasteiger partial charge in [-0.3, -0.25) is 14.7 Å². The summed E-state index contributed by atoms with van der Waals surface area (Å²) < 4.78 is 0. The first-order chi connectivity index (χ1) is 11.2. The van der Waals surface area contributed by atoms with E-state index in [2.05, 4.69) is 33.7 Å². The predicted octanol–water partition coefficient (Wildman–Crippen LogP) is 1.47. The third kappa shape index (κ3) is 10.6. The van der Waals surface area contributed by atoms with Gasteiger partial charge in [0.1, 0.15) is 0 Å². The molecule has 0 radical (unpaired) electrons. The van der Waals surface area contributed by atoms with Crippen LogP contribution in [0.5, 0.6) is 0 Å². The van der Waals surface area contributed by atoms with Crippen molar-refractivity contribution in [2.45, 2.75) is 26.7 Å². The summed E-state index contributed by atoms with van der Waals surface area (Å²) in [4.78, 5) is 20.3. The van der Waals surface area contributed by atoms with Gasteiger partial charge in [0.25, 0.3) is 0 Å². The van der Waals surface area contributed by atoms with Gasteiger partial charge in [0.05, 0.1) is 0 Å². The number of nitrogens with one attached hydrogen (secondary N) is 2. The van der Waals surface area contributed by atoms with Crippen molar-refractivity contribution in [3.63, 3.8) is 0 Å². The van der Waals surface area contributed by atoms with E-state index in [1.807, 2.05) is 16.7 Å². The summed E-state index contributed by atoms with van der Waals surface area (Å²) in [5.41, 5.74) is 0. The average Bonchev–Trinajstić information content (AvgIpc) is 2.55. The van der Waals surface area contributed by atoms with E-state index in [4.69, 9.17) is 0 Å². The van der Waals surface area contributed by atoms with Crippen LogP contribution in [0.2, 0.25) is 0 Å². The predicted molar refractivity (Wildman–Crippen MR) is 116 cm³/mol. The molecule has 0 saturated carbocycles. The number of hydrogen-bond acceptors (Lipinski definition) is 4. The number of hydrogen-bond donors (Lipinski definition) is 2. The standard InChI is InChI=1S/C16H33N5OS.HI/c1-4-17-16(18-7-5-6-14-23-3)19-8-9-20-10-12-21(13-11-20)15(2)22;/h4-14H2,1-3H3,(H2,17,18,19);1H. The molecule has 1 aliphatic rings. The van der Waals surface area contributed by atoms with Crippen LogP contribution in [0.25, 0.3) is 0 Å². The molecule has 1 saturated heterocycles. The molecule has 1 rings (SSSR count). The van der Waals surface area contributed by atoms with Crippen LogP contribution in [0.15, 0.2) is 4.99 Å². The number of carbonyl (C=O) groups is 1. The Morgan fingerprint density at radius 1 is 1.17 bits per heavy atom. The molecule has 6 nitrogen and oxygen atoms in total. The first-order valence-corrected chi connectivity index (χ1v) is 10.1. The Hall–Kier alpha value is -0.220. The zero-order valence-electron chi connectivity index (χ0n) is 15.3. The Morgan fingerprint density at radius 3 is 2.46 bits per heavy atom. The van der Waals surface area contributed by atoms with Crippen LogP contribution in [-0.2, 0) is 4.79 Å². The summed E-state index contributed by atoms with van der Waals surface area (Å²) in [7, 11) is 0. The van der Waals surface area contributed by atoms with Crippen LogP contribution in [0.3, 0.4) is 0 Å². The quantitative estimate of drug-likeness (QED) is 0.231. The Balaban J connectivity index is 0.00000529. The lowest BCUT2D eigenvalue weighted by atomic mass is 10.3. The van der Waals surface area contributed by atoms with Gasteiger partial charge >= 0.3 is 0 Å². The summed E-state index contributed by atoms with van der Waals surface area (Å²) in [6.45, 7) is 11.0. The molecule has 0 aromatic heterocycles. The second-order valence-corrected chi connectivity index (χ2v) is 6.72. The van der Waals surface area contributed by atoms with Gasteiger partial charge in [-0.15, -0.1) is 24.0 Å². The zero-order chi connectivity index (χ0) is 16.9. The lowest BCUT2D eigenvalue weighted by Gasteiger charge is -2.34. The average molecular weight is 471 g/mol. The number of aliphatic imine (C=N–C) groups is 1. The van der Waals surface area contributed by atoms with Crippen LogP contribution in [0, 0.1) is 0 Å². The Morgan fingerprint density at radius 2 is 1.88 bits per heavy atom. The van der Waals surface area contributed by atoms with Crippen molar-refractivity contribution in [2.24, 2.45) is 4.99 Å². The Labute approximate surface area is 168 Å². The maximum absolute atomic E-state index is 11.3. The molecular weight excluding hydrogens is 437 g/mol. The van der Waals surface area contributed by atoms with Gasteiger partial charge in [-0.25, -0.2) is 0 Å². The number of piperazine rings is 1. The highest BCUT2D eigenvalue weighted by atomic mass is 127. The minimum absolute atomic E-state index is 0. The highest BCUT2D eigenvalue weighted by molar-refractivity contribution is 14.0. The summed E-state index contributed by atoms with van der Waals surface area (Å²) in [5, 5.41) is 6.70. The SMILES string of the molecule is CCNC(=NCCCCSC)NCCN1CCN(C(C)=O)CC1.I. The van der Waals surface area contributed by atoms with Gasteiger partial charge in [-0.05, 0) is 31.8 Å². The van der Waals surface area contributed by atoms with Crippen LogP contribution >= 0.6 is 35.7 Å². The van der Waals surface area contributed by atoms with Crippen LogP contribution in [0.4, 0.5) is 0 Å². The minimum Gasteiger partial charge on any atom is -0.357 e. The minimum atomic E-state index is 0. The molecule has 0 aliphatic carbocycles. The number of thioether (sulfide) groups is 1. The van der Waals surface area contributed by atoms with E-state index in [-0.39, 0.29) is 29.9 Å². The molecule has 0 bridgehead atoms. The third-order valence-electron chi connectivity index (χ3n) is 3.91. The number of guanidine groups is 1.